The Hall–Kier alpha value is -1.54. The normalized spacial score (nSPS) is 31.9. The Labute approximate surface area is 98.7 Å². The number of hydrogen-bond acceptors (Lipinski definition) is 1. The van der Waals surface area contributed by atoms with Gasteiger partial charge in [-0.2, -0.15) is 5.26 Å². The van der Waals surface area contributed by atoms with Gasteiger partial charge in [-0.3, -0.25) is 0 Å². The standard InChI is InChI=1S/C11H5BrF3N/c1-6-7(5-16)4-10(14)9(13)3-2-8(12)11(6)15/h2-4H,1H2/b3-2-,7-4+,10-9-,11-8-. The van der Waals surface area contributed by atoms with Crippen molar-refractivity contribution in [3.63, 3.8) is 0 Å². The molecule has 5 heteroatoms. The largest absolute Gasteiger partial charge is 0.205 e. The van der Waals surface area contributed by atoms with Crippen molar-refractivity contribution < 1.29 is 13.2 Å². The zero-order valence-electron chi connectivity index (χ0n) is 7.90. The number of nitrogens with zero attached hydrogens (tertiary/aromatic N) is 1. The molecule has 1 aliphatic carbocycles. The average molecular weight is 288 g/mol. The van der Waals surface area contributed by atoms with Crippen molar-refractivity contribution in [2.24, 2.45) is 0 Å². The van der Waals surface area contributed by atoms with Gasteiger partial charge in [-0.15, -0.1) is 0 Å². The average Bonchev–Trinajstić information content (AvgIpc) is 2.31. The molecule has 0 bridgehead atoms. The van der Waals surface area contributed by atoms with Crippen LogP contribution in [0.2, 0.25) is 0 Å². The molecule has 0 atom stereocenters. The molecule has 1 rings (SSSR count). The molecule has 0 radical (unpaired) electrons. The quantitative estimate of drug-likeness (QED) is 0.652. The summed E-state index contributed by atoms with van der Waals surface area (Å²) in [6.45, 7) is 3.30. The van der Waals surface area contributed by atoms with Crippen molar-refractivity contribution in [1.29, 1.82) is 5.26 Å². The second-order valence-electron chi connectivity index (χ2n) is 2.84. The number of allylic oxidation sites excluding steroid dienone is 9. The van der Waals surface area contributed by atoms with Gasteiger partial charge in [-0.1, -0.05) is 6.58 Å². The van der Waals surface area contributed by atoms with Crippen molar-refractivity contribution in [2.75, 3.05) is 0 Å². The summed E-state index contributed by atoms with van der Waals surface area (Å²) in [5, 5.41) is 8.66. The van der Waals surface area contributed by atoms with Crippen LogP contribution in [0.1, 0.15) is 0 Å². The second kappa shape index (κ2) is 4.99. The smallest absolute Gasteiger partial charge is 0.160 e. The Balaban J connectivity index is 3.47. The molecule has 16 heavy (non-hydrogen) atoms. The van der Waals surface area contributed by atoms with Crippen molar-refractivity contribution in [1.82, 2.24) is 0 Å². The summed E-state index contributed by atoms with van der Waals surface area (Å²) in [4.78, 5) is 0. The van der Waals surface area contributed by atoms with E-state index in [9.17, 15) is 13.2 Å². The molecule has 0 heterocycles. The summed E-state index contributed by atoms with van der Waals surface area (Å²) < 4.78 is 39.5. The zero-order chi connectivity index (χ0) is 12.3. The topological polar surface area (TPSA) is 23.8 Å². The van der Waals surface area contributed by atoms with Crippen LogP contribution in [0.5, 0.6) is 0 Å². The predicted octanol–water partition coefficient (Wildman–Crippen LogP) is 4.29. The Morgan fingerprint density at radius 3 is 2.38 bits per heavy atom. The number of halogens is 4. The lowest BCUT2D eigenvalue weighted by Gasteiger charge is -2.01. The van der Waals surface area contributed by atoms with Crippen LogP contribution < -0.4 is 0 Å². The highest BCUT2D eigenvalue weighted by Gasteiger charge is 2.14. The van der Waals surface area contributed by atoms with Gasteiger partial charge in [-0.05, 0) is 34.2 Å². The minimum atomic E-state index is -1.25. The van der Waals surface area contributed by atoms with E-state index in [0.29, 0.717) is 6.08 Å². The lowest BCUT2D eigenvalue weighted by molar-refractivity contribution is 0.573. The van der Waals surface area contributed by atoms with E-state index < -0.39 is 17.5 Å². The van der Waals surface area contributed by atoms with Gasteiger partial charge in [0.15, 0.2) is 11.7 Å². The maximum atomic E-state index is 13.5. The van der Waals surface area contributed by atoms with Crippen molar-refractivity contribution in [2.45, 2.75) is 0 Å². The SMILES string of the molecule is C=C1/C(C#N)=C/C(F)=C(F)\C=C/C(Br)=C\1F. The van der Waals surface area contributed by atoms with Gasteiger partial charge >= 0.3 is 0 Å². The van der Waals surface area contributed by atoms with E-state index >= 15 is 0 Å². The number of hydrogen-bond donors (Lipinski definition) is 0. The highest BCUT2D eigenvalue weighted by Crippen LogP contribution is 2.29. The molecular formula is C11H5BrF3N. The van der Waals surface area contributed by atoms with Gasteiger partial charge in [0.05, 0.1) is 16.1 Å². The van der Waals surface area contributed by atoms with Crippen LogP contribution in [-0.2, 0) is 0 Å². The molecule has 0 aromatic heterocycles. The van der Waals surface area contributed by atoms with Gasteiger partial charge in [0, 0.05) is 5.57 Å². The van der Waals surface area contributed by atoms with Crippen molar-refractivity contribution in [3.8, 4) is 6.07 Å². The van der Waals surface area contributed by atoms with Crippen LogP contribution in [0.25, 0.3) is 0 Å². The molecule has 0 saturated carbocycles. The third kappa shape index (κ3) is 2.52. The molecule has 0 fully saturated rings. The fourth-order valence-electron chi connectivity index (χ4n) is 0.944. The molecule has 82 valence electrons. The van der Waals surface area contributed by atoms with Crippen LogP contribution in [0, 0.1) is 11.3 Å². The van der Waals surface area contributed by atoms with E-state index in [1.165, 1.54) is 0 Å². The fourth-order valence-corrected chi connectivity index (χ4v) is 1.32. The Morgan fingerprint density at radius 1 is 1.19 bits per heavy atom. The summed E-state index contributed by atoms with van der Waals surface area (Å²) in [5.41, 5.74) is -0.672. The van der Waals surface area contributed by atoms with Crippen molar-refractivity contribution in [3.05, 3.63) is 57.9 Å². The van der Waals surface area contributed by atoms with Crippen LogP contribution in [0.4, 0.5) is 13.2 Å². The molecule has 0 aliphatic heterocycles. The van der Waals surface area contributed by atoms with E-state index in [4.69, 9.17) is 5.26 Å². The molecular weight excluding hydrogens is 283 g/mol. The number of nitriles is 1. The molecule has 0 saturated heterocycles. The minimum Gasteiger partial charge on any atom is -0.205 e. The van der Waals surface area contributed by atoms with Gasteiger partial charge < -0.3 is 0 Å². The van der Waals surface area contributed by atoms with E-state index in [2.05, 4.69) is 22.5 Å². The Kier molecular flexibility index (Phi) is 3.91. The Bertz CT molecular complexity index is 504. The third-order valence-corrected chi connectivity index (χ3v) is 2.41. The summed E-state index contributed by atoms with van der Waals surface area (Å²) in [5.74, 6) is -3.28. The highest BCUT2D eigenvalue weighted by atomic mass is 79.9. The molecule has 0 aromatic carbocycles. The third-order valence-electron chi connectivity index (χ3n) is 1.80. The summed E-state index contributed by atoms with van der Waals surface area (Å²) >= 11 is 2.83. The van der Waals surface area contributed by atoms with Gasteiger partial charge in [0.2, 0.25) is 0 Å². The van der Waals surface area contributed by atoms with Crippen LogP contribution in [0.15, 0.2) is 57.9 Å². The highest BCUT2D eigenvalue weighted by molar-refractivity contribution is 9.11. The predicted molar refractivity (Wildman–Crippen MR) is 58.3 cm³/mol. The number of rotatable bonds is 0. The van der Waals surface area contributed by atoms with Crippen LogP contribution in [-0.4, -0.2) is 0 Å². The maximum Gasteiger partial charge on any atom is 0.160 e. The van der Waals surface area contributed by atoms with E-state index in [1.807, 2.05) is 0 Å². The summed E-state index contributed by atoms with van der Waals surface area (Å²) in [7, 11) is 0. The Morgan fingerprint density at radius 2 is 1.81 bits per heavy atom. The first kappa shape index (κ1) is 12.5. The minimum absolute atomic E-state index is 0.108. The van der Waals surface area contributed by atoms with Gasteiger partial charge in [0.25, 0.3) is 0 Å². The van der Waals surface area contributed by atoms with Crippen molar-refractivity contribution >= 4 is 15.9 Å². The van der Waals surface area contributed by atoms with E-state index in [1.54, 1.807) is 6.07 Å². The first-order chi connectivity index (χ1) is 7.47. The van der Waals surface area contributed by atoms with Crippen LogP contribution >= 0.6 is 15.9 Å². The molecule has 0 aromatic rings. The fraction of sp³-hybridized carbons (Fsp3) is 0. The molecule has 0 amide bonds. The summed E-state index contributed by atoms with van der Waals surface area (Å²) in [6, 6.07) is 1.55. The molecule has 0 N–H and O–H groups in total. The summed E-state index contributed by atoms with van der Waals surface area (Å²) in [6.07, 6.45) is 2.36. The van der Waals surface area contributed by atoms with E-state index in [0.717, 1.165) is 12.2 Å². The monoisotopic (exact) mass is 287 g/mol. The van der Waals surface area contributed by atoms with Gasteiger partial charge in [0.1, 0.15) is 5.83 Å². The second-order valence-corrected chi connectivity index (χ2v) is 3.69. The lowest BCUT2D eigenvalue weighted by atomic mass is 10.1. The molecule has 0 unspecified atom stereocenters. The lowest BCUT2D eigenvalue weighted by Crippen LogP contribution is -1.88. The first-order valence-corrected chi connectivity index (χ1v) is 4.86. The molecule has 1 aliphatic rings. The first-order valence-electron chi connectivity index (χ1n) is 4.07. The molecule has 1 nitrogen and oxygen atoms in total. The van der Waals surface area contributed by atoms with Gasteiger partial charge in [-0.25, -0.2) is 13.2 Å². The zero-order valence-corrected chi connectivity index (χ0v) is 9.48. The molecule has 0 spiro atoms. The maximum absolute atomic E-state index is 13.5. The van der Waals surface area contributed by atoms with E-state index in [-0.39, 0.29) is 15.6 Å². The van der Waals surface area contributed by atoms with Crippen LogP contribution in [0.3, 0.4) is 0 Å².